The molecule has 2 rings (SSSR count). The number of fused-ring (bicyclic) bond motifs is 1. The topological polar surface area (TPSA) is 52.1 Å². The Morgan fingerprint density at radius 2 is 2.21 bits per heavy atom. The first-order valence-electron chi connectivity index (χ1n) is 4.03. The zero-order valence-electron chi connectivity index (χ0n) is 7.77. The van der Waals surface area contributed by atoms with Crippen LogP contribution in [0, 0.1) is 6.92 Å². The molecule has 0 unspecified atom stereocenters. The number of carbonyl (C=O) groups is 1. The largest absolute Gasteiger partial charge is 0.465 e. The van der Waals surface area contributed by atoms with E-state index in [4.69, 9.17) is 0 Å². The highest BCUT2D eigenvalue weighted by atomic mass is 32.1. The second-order valence-corrected chi connectivity index (χ2v) is 3.45. The van der Waals surface area contributed by atoms with Gasteiger partial charge >= 0.3 is 5.97 Å². The number of aryl methyl sites for hydroxylation is 1. The van der Waals surface area contributed by atoms with Crippen LogP contribution in [0.4, 0.5) is 0 Å². The maximum Gasteiger partial charge on any atom is 0.337 e. The number of benzene rings is 1. The maximum absolute atomic E-state index is 11.3. The number of rotatable bonds is 1. The standard InChI is InChI=1S/C9H8N2O2S/c1-5-3-6(9(12)13-2)4-7-8(5)11-14-10-7/h3-4H,1-2H3. The number of methoxy groups -OCH3 is 1. The molecule has 14 heavy (non-hydrogen) atoms. The quantitative estimate of drug-likeness (QED) is 0.670. The molecule has 1 heterocycles. The molecule has 5 heteroatoms. The van der Waals surface area contributed by atoms with E-state index in [0.717, 1.165) is 28.3 Å². The van der Waals surface area contributed by atoms with Crippen molar-refractivity contribution >= 4 is 28.7 Å². The summed E-state index contributed by atoms with van der Waals surface area (Å²) >= 11 is 1.14. The normalized spacial score (nSPS) is 10.4. The van der Waals surface area contributed by atoms with Gasteiger partial charge in [-0.1, -0.05) is 0 Å². The SMILES string of the molecule is COC(=O)c1cc(C)c2nsnc2c1. The summed E-state index contributed by atoms with van der Waals surface area (Å²) < 4.78 is 12.8. The monoisotopic (exact) mass is 208 g/mol. The van der Waals surface area contributed by atoms with Crippen molar-refractivity contribution in [1.29, 1.82) is 0 Å². The van der Waals surface area contributed by atoms with E-state index < -0.39 is 0 Å². The number of hydrogen-bond donors (Lipinski definition) is 0. The molecule has 0 amide bonds. The highest BCUT2D eigenvalue weighted by molar-refractivity contribution is 7.00. The fourth-order valence-corrected chi connectivity index (χ4v) is 1.88. The van der Waals surface area contributed by atoms with Gasteiger partial charge in [0, 0.05) is 0 Å². The fourth-order valence-electron chi connectivity index (χ4n) is 1.29. The van der Waals surface area contributed by atoms with Crippen molar-refractivity contribution in [3.8, 4) is 0 Å². The number of carbonyl (C=O) groups excluding carboxylic acids is 1. The van der Waals surface area contributed by atoms with E-state index >= 15 is 0 Å². The molecular weight excluding hydrogens is 200 g/mol. The van der Waals surface area contributed by atoms with Gasteiger partial charge in [0.05, 0.1) is 24.4 Å². The average molecular weight is 208 g/mol. The molecule has 1 aromatic heterocycles. The molecule has 0 bridgehead atoms. The van der Waals surface area contributed by atoms with Gasteiger partial charge in [-0.25, -0.2) is 4.79 Å². The number of ether oxygens (including phenoxy) is 1. The number of nitrogens with zero attached hydrogens (tertiary/aromatic N) is 2. The smallest absolute Gasteiger partial charge is 0.337 e. The molecule has 0 radical (unpaired) electrons. The molecule has 0 saturated carbocycles. The van der Waals surface area contributed by atoms with Gasteiger partial charge < -0.3 is 4.74 Å². The lowest BCUT2D eigenvalue weighted by Gasteiger charge is -2.00. The van der Waals surface area contributed by atoms with Gasteiger partial charge in [-0.05, 0) is 24.6 Å². The minimum atomic E-state index is -0.344. The summed E-state index contributed by atoms with van der Waals surface area (Å²) in [6, 6.07) is 3.45. The third-order valence-corrected chi connectivity index (χ3v) is 2.52. The van der Waals surface area contributed by atoms with E-state index in [1.807, 2.05) is 6.92 Å². The second-order valence-electron chi connectivity index (χ2n) is 2.92. The summed E-state index contributed by atoms with van der Waals surface area (Å²) in [7, 11) is 1.36. The fraction of sp³-hybridized carbons (Fsp3) is 0.222. The van der Waals surface area contributed by atoms with Crippen molar-refractivity contribution < 1.29 is 9.53 Å². The summed E-state index contributed by atoms with van der Waals surface area (Å²) in [5.41, 5.74) is 3.06. The van der Waals surface area contributed by atoms with Crippen molar-refractivity contribution in [2.75, 3.05) is 7.11 Å². The average Bonchev–Trinajstić information content (AvgIpc) is 2.64. The second kappa shape index (κ2) is 3.34. The van der Waals surface area contributed by atoms with E-state index in [9.17, 15) is 4.79 Å². The van der Waals surface area contributed by atoms with E-state index in [1.165, 1.54) is 7.11 Å². The molecule has 72 valence electrons. The molecule has 0 fully saturated rings. The van der Waals surface area contributed by atoms with Crippen molar-refractivity contribution in [3.63, 3.8) is 0 Å². The Bertz CT molecular complexity index is 493. The minimum Gasteiger partial charge on any atom is -0.465 e. The van der Waals surface area contributed by atoms with E-state index in [1.54, 1.807) is 12.1 Å². The van der Waals surface area contributed by atoms with Gasteiger partial charge in [0.2, 0.25) is 0 Å². The predicted octanol–water partition coefficient (Wildman–Crippen LogP) is 1.79. The molecule has 0 aliphatic carbocycles. The minimum absolute atomic E-state index is 0.344. The van der Waals surface area contributed by atoms with Crippen LogP contribution in [0.5, 0.6) is 0 Å². The number of hydrogen-bond acceptors (Lipinski definition) is 5. The molecule has 0 saturated heterocycles. The van der Waals surface area contributed by atoms with Crippen LogP contribution in [0.15, 0.2) is 12.1 Å². The first kappa shape index (κ1) is 9.08. The molecule has 0 aliphatic heterocycles. The van der Waals surface area contributed by atoms with E-state index in [0.29, 0.717) is 5.56 Å². The Balaban J connectivity index is 2.64. The Morgan fingerprint density at radius 1 is 1.43 bits per heavy atom. The predicted molar refractivity (Wildman–Crippen MR) is 53.5 cm³/mol. The summed E-state index contributed by atoms with van der Waals surface area (Å²) in [4.78, 5) is 11.3. The van der Waals surface area contributed by atoms with E-state index in [-0.39, 0.29) is 5.97 Å². The maximum atomic E-state index is 11.3. The summed E-state index contributed by atoms with van der Waals surface area (Å²) in [6.07, 6.45) is 0. The lowest BCUT2D eigenvalue weighted by molar-refractivity contribution is 0.0601. The van der Waals surface area contributed by atoms with Crippen LogP contribution in [0.1, 0.15) is 15.9 Å². The van der Waals surface area contributed by atoms with Crippen LogP contribution < -0.4 is 0 Å². The molecule has 2 aromatic rings. The van der Waals surface area contributed by atoms with Crippen LogP contribution in [-0.4, -0.2) is 21.8 Å². The zero-order chi connectivity index (χ0) is 10.1. The molecule has 0 spiro atoms. The third-order valence-electron chi connectivity index (χ3n) is 1.97. The van der Waals surface area contributed by atoms with Gasteiger partial charge in [0.25, 0.3) is 0 Å². The number of esters is 1. The summed E-state index contributed by atoms with van der Waals surface area (Å²) in [5.74, 6) is -0.344. The van der Waals surface area contributed by atoms with Gasteiger partial charge in [-0.2, -0.15) is 8.75 Å². The van der Waals surface area contributed by atoms with E-state index in [2.05, 4.69) is 13.5 Å². The molecule has 0 atom stereocenters. The van der Waals surface area contributed by atoms with Crippen LogP contribution in [0.2, 0.25) is 0 Å². The van der Waals surface area contributed by atoms with Crippen molar-refractivity contribution in [2.24, 2.45) is 0 Å². The first-order valence-corrected chi connectivity index (χ1v) is 4.76. The molecule has 4 nitrogen and oxygen atoms in total. The van der Waals surface area contributed by atoms with Gasteiger partial charge in [-0.3, -0.25) is 0 Å². The first-order chi connectivity index (χ1) is 6.72. The zero-order valence-corrected chi connectivity index (χ0v) is 8.59. The lowest BCUT2D eigenvalue weighted by Crippen LogP contribution is -2.01. The third kappa shape index (κ3) is 1.35. The Labute approximate surface area is 84.8 Å². The summed E-state index contributed by atoms with van der Waals surface area (Å²) in [6.45, 7) is 1.90. The van der Waals surface area contributed by atoms with Gasteiger partial charge in [0.15, 0.2) is 0 Å². The van der Waals surface area contributed by atoms with Crippen LogP contribution in [-0.2, 0) is 4.74 Å². The van der Waals surface area contributed by atoms with Crippen LogP contribution >= 0.6 is 11.7 Å². The van der Waals surface area contributed by atoms with Crippen molar-refractivity contribution in [2.45, 2.75) is 6.92 Å². The molecule has 0 N–H and O–H groups in total. The lowest BCUT2D eigenvalue weighted by atomic mass is 10.1. The Kier molecular flexibility index (Phi) is 2.17. The van der Waals surface area contributed by atoms with Crippen LogP contribution in [0.25, 0.3) is 11.0 Å². The Morgan fingerprint density at radius 3 is 2.93 bits per heavy atom. The van der Waals surface area contributed by atoms with Crippen molar-refractivity contribution in [1.82, 2.24) is 8.75 Å². The molecular formula is C9H8N2O2S. The van der Waals surface area contributed by atoms with Gasteiger partial charge in [-0.15, -0.1) is 0 Å². The molecule has 0 aliphatic rings. The van der Waals surface area contributed by atoms with Crippen LogP contribution in [0.3, 0.4) is 0 Å². The van der Waals surface area contributed by atoms with Crippen molar-refractivity contribution in [3.05, 3.63) is 23.3 Å². The highest BCUT2D eigenvalue weighted by Crippen LogP contribution is 2.18. The number of aromatic nitrogens is 2. The highest BCUT2D eigenvalue weighted by Gasteiger charge is 2.10. The summed E-state index contributed by atoms with van der Waals surface area (Å²) in [5, 5.41) is 0. The van der Waals surface area contributed by atoms with Gasteiger partial charge in [0.1, 0.15) is 11.0 Å². The molecule has 1 aromatic carbocycles. The Hall–Kier alpha value is -1.49.